The quantitative estimate of drug-likeness (QED) is 0.577. The van der Waals surface area contributed by atoms with Crippen molar-refractivity contribution in [3.05, 3.63) is 40.2 Å². The lowest BCUT2D eigenvalue weighted by Crippen LogP contribution is -2.27. The fraction of sp³-hybridized carbons (Fsp3) is 0.267. The lowest BCUT2D eigenvalue weighted by molar-refractivity contribution is 0.0636. The predicted octanol–water partition coefficient (Wildman–Crippen LogP) is 5.03. The highest BCUT2D eigenvalue weighted by molar-refractivity contribution is 9.10. The number of ether oxygens (including phenoxy) is 2. The van der Waals surface area contributed by atoms with Gasteiger partial charge < -0.3 is 9.47 Å². The summed E-state index contributed by atoms with van der Waals surface area (Å²) >= 11 is 8.97. The van der Waals surface area contributed by atoms with Gasteiger partial charge >= 0.3 is 6.09 Å². The lowest BCUT2D eigenvalue weighted by atomic mass is 10.2. The molecule has 0 aliphatic carbocycles. The van der Waals surface area contributed by atoms with Crippen molar-refractivity contribution >= 4 is 39.3 Å². The van der Waals surface area contributed by atoms with E-state index in [1.54, 1.807) is 51.1 Å². The van der Waals surface area contributed by atoms with Crippen molar-refractivity contribution in [1.29, 1.82) is 0 Å². The molecule has 122 valence electrons. The van der Waals surface area contributed by atoms with Crippen LogP contribution in [0.25, 0.3) is 0 Å². The first-order valence-electron chi connectivity index (χ1n) is 6.69. The standard InChI is InChI=1S/C15H15BrClN3O3/c1-15(2,3)23-14(21)18-9-4-6-10(7-5-9)22-12-8-11(16)19-13(17)20-12/h4-8H,1-3H3,(H,18,21). The molecular weight excluding hydrogens is 386 g/mol. The SMILES string of the molecule is CC(C)(C)OC(=O)Nc1ccc(Oc2cc(Br)nc(Cl)n2)cc1. The lowest BCUT2D eigenvalue weighted by Gasteiger charge is -2.19. The molecule has 0 saturated heterocycles. The molecule has 0 unspecified atom stereocenters. The molecule has 0 fully saturated rings. The summed E-state index contributed by atoms with van der Waals surface area (Å²) in [7, 11) is 0. The largest absolute Gasteiger partial charge is 0.444 e. The van der Waals surface area contributed by atoms with Gasteiger partial charge in [0.1, 0.15) is 16.0 Å². The number of benzene rings is 1. The van der Waals surface area contributed by atoms with Crippen LogP contribution in [0.3, 0.4) is 0 Å². The summed E-state index contributed by atoms with van der Waals surface area (Å²) in [5.74, 6) is 0.853. The average molecular weight is 401 g/mol. The third-order valence-electron chi connectivity index (χ3n) is 2.37. The van der Waals surface area contributed by atoms with Gasteiger partial charge in [0.25, 0.3) is 0 Å². The van der Waals surface area contributed by atoms with E-state index in [-0.39, 0.29) is 5.28 Å². The molecule has 1 aromatic heterocycles. The first-order valence-corrected chi connectivity index (χ1v) is 7.86. The number of halogens is 2. The number of aromatic nitrogens is 2. The zero-order chi connectivity index (χ0) is 17.0. The summed E-state index contributed by atoms with van der Waals surface area (Å²) in [5.41, 5.74) is 0.0424. The van der Waals surface area contributed by atoms with Crippen molar-refractivity contribution in [3.63, 3.8) is 0 Å². The Morgan fingerprint density at radius 1 is 1.22 bits per heavy atom. The Morgan fingerprint density at radius 2 is 1.87 bits per heavy atom. The number of rotatable bonds is 3. The second-order valence-corrected chi connectivity index (χ2v) is 6.70. The van der Waals surface area contributed by atoms with Crippen LogP contribution in [0.2, 0.25) is 5.28 Å². The number of hydrogen-bond donors (Lipinski definition) is 1. The Balaban J connectivity index is 2.00. The summed E-state index contributed by atoms with van der Waals surface area (Å²) in [6.45, 7) is 5.40. The molecule has 0 bridgehead atoms. The van der Waals surface area contributed by atoms with Crippen LogP contribution in [-0.4, -0.2) is 21.7 Å². The minimum atomic E-state index is -0.549. The van der Waals surface area contributed by atoms with Gasteiger partial charge in [-0.15, -0.1) is 0 Å². The maximum atomic E-state index is 11.7. The van der Waals surface area contributed by atoms with Crippen molar-refractivity contribution < 1.29 is 14.3 Å². The van der Waals surface area contributed by atoms with Crippen LogP contribution in [0.15, 0.2) is 34.9 Å². The Kier molecular flexibility index (Phi) is 5.43. The van der Waals surface area contributed by atoms with Crippen LogP contribution in [0, 0.1) is 0 Å². The maximum absolute atomic E-state index is 11.7. The van der Waals surface area contributed by atoms with Crippen LogP contribution < -0.4 is 10.1 Å². The molecule has 1 aromatic carbocycles. The molecule has 0 atom stereocenters. The van der Waals surface area contributed by atoms with Crippen LogP contribution >= 0.6 is 27.5 Å². The molecule has 6 nitrogen and oxygen atoms in total. The van der Waals surface area contributed by atoms with E-state index in [2.05, 4.69) is 31.2 Å². The fourth-order valence-corrected chi connectivity index (χ4v) is 2.21. The zero-order valence-electron chi connectivity index (χ0n) is 12.8. The Bertz CT molecular complexity index is 682. The molecule has 0 aliphatic heterocycles. The van der Waals surface area contributed by atoms with Gasteiger partial charge in [0.15, 0.2) is 0 Å². The molecule has 0 saturated carbocycles. The molecule has 8 heteroatoms. The first-order chi connectivity index (χ1) is 10.7. The molecule has 0 spiro atoms. The molecule has 23 heavy (non-hydrogen) atoms. The number of carbonyl (C=O) groups is 1. The Morgan fingerprint density at radius 3 is 2.43 bits per heavy atom. The number of anilines is 1. The Labute approximate surface area is 147 Å². The second kappa shape index (κ2) is 7.14. The van der Waals surface area contributed by atoms with Crippen molar-refractivity contribution in [1.82, 2.24) is 9.97 Å². The number of hydrogen-bond acceptors (Lipinski definition) is 5. The summed E-state index contributed by atoms with van der Waals surface area (Å²) in [6, 6.07) is 8.36. The van der Waals surface area contributed by atoms with Crippen LogP contribution in [-0.2, 0) is 4.74 Å². The average Bonchev–Trinajstić information content (AvgIpc) is 2.37. The van der Waals surface area contributed by atoms with Gasteiger partial charge in [-0.1, -0.05) is 0 Å². The van der Waals surface area contributed by atoms with E-state index in [9.17, 15) is 4.79 Å². The van der Waals surface area contributed by atoms with Crippen molar-refractivity contribution in [2.45, 2.75) is 26.4 Å². The highest BCUT2D eigenvalue weighted by Gasteiger charge is 2.16. The topological polar surface area (TPSA) is 73.3 Å². The molecule has 2 aromatic rings. The van der Waals surface area contributed by atoms with Gasteiger partial charge in [0.2, 0.25) is 11.2 Å². The predicted molar refractivity (Wildman–Crippen MR) is 91.1 cm³/mol. The van der Waals surface area contributed by atoms with Gasteiger partial charge in [0.05, 0.1) is 0 Å². The minimum absolute atomic E-state index is 0.0811. The molecule has 1 amide bonds. The summed E-state index contributed by atoms with van der Waals surface area (Å²) < 4.78 is 11.3. The van der Waals surface area contributed by atoms with E-state index in [4.69, 9.17) is 21.1 Å². The van der Waals surface area contributed by atoms with Crippen molar-refractivity contribution in [2.75, 3.05) is 5.32 Å². The van der Waals surface area contributed by atoms with E-state index < -0.39 is 11.7 Å². The van der Waals surface area contributed by atoms with E-state index in [1.807, 2.05) is 0 Å². The number of nitrogens with one attached hydrogen (secondary N) is 1. The van der Waals surface area contributed by atoms with Crippen molar-refractivity contribution in [2.24, 2.45) is 0 Å². The van der Waals surface area contributed by atoms with Crippen LogP contribution in [0.1, 0.15) is 20.8 Å². The van der Waals surface area contributed by atoms with Crippen molar-refractivity contribution in [3.8, 4) is 11.6 Å². The van der Waals surface area contributed by atoms with Gasteiger partial charge in [-0.3, -0.25) is 5.32 Å². The van der Waals surface area contributed by atoms with Gasteiger partial charge in [-0.2, -0.15) is 4.98 Å². The van der Waals surface area contributed by atoms with Crippen LogP contribution in [0.5, 0.6) is 11.6 Å². The first kappa shape index (κ1) is 17.5. The fourth-order valence-electron chi connectivity index (χ4n) is 1.57. The smallest absolute Gasteiger partial charge is 0.412 e. The number of amides is 1. The number of carbonyl (C=O) groups excluding carboxylic acids is 1. The summed E-state index contributed by atoms with van der Waals surface area (Å²) in [5, 5.41) is 2.72. The maximum Gasteiger partial charge on any atom is 0.412 e. The van der Waals surface area contributed by atoms with E-state index in [1.165, 1.54) is 0 Å². The molecule has 1 heterocycles. The van der Waals surface area contributed by atoms with Gasteiger partial charge in [-0.25, -0.2) is 9.78 Å². The summed E-state index contributed by atoms with van der Waals surface area (Å²) in [4.78, 5) is 19.5. The third kappa shape index (κ3) is 6.03. The molecular formula is C15H15BrClN3O3. The van der Waals surface area contributed by atoms with E-state index in [0.29, 0.717) is 21.9 Å². The van der Waals surface area contributed by atoms with E-state index >= 15 is 0 Å². The minimum Gasteiger partial charge on any atom is -0.444 e. The molecule has 2 rings (SSSR count). The van der Waals surface area contributed by atoms with Gasteiger partial charge in [-0.05, 0) is 72.6 Å². The highest BCUT2D eigenvalue weighted by atomic mass is 79.9. The second-order valence-electron chi connectivity index (χ2n) is 5.55. The highest BCUT2D eigenvalue weighted by Crippen LogP contribution is 2.24. The Hall–Kier alpha value is -1.86. The summed E-state index contributed by atoms with van der Waals surface area (Å²) in [6.07, 6.45) is -0.516. The van der Waals surface area contributed by atoms with Gasteiger partial charge in [0, 0.05) is 11.8 Å². The third-order valence-corrected chi connectivity index (χ3v) is 2.94. The molecule has 0 radical (unpaired) electrons. The normalized spacial score (nSPS) is 11.0. The van der Waals surface area contributed by atoms with Crippen LogP contribution in [0.4, 0.5) is 10.5 Å². The number of nitrogens with zero attached hydrogens (tertiary/aromatic N) is 2. The monoisotopic (exact) mass is 399 g/mol. The molecule has 0 aliphatic rings. The van der Waals surface area contributed by atoms with E-state index in [0.717, 1.165) is 0 Å². The molecule has 1 N–H and O–H groups in total. The zero-order valence-corrected chi connectivity index (χ0v) is 15.1.